The molecule has 0 bridgehead atoms. The Morgan fingerprint density at radius 2 is 1.89 bits per heavy atom. The lowest BCUT2D eigenvalue weighted by Gasteiger charge is -2.33. The SMILES string of the molecule is CC(C)c1nnc2n1[C@@H](C)CN(C(=O)c1cnc(N3CCOCC3)nc1)C2. The van der Waals surface area contributed by atoms with E-state index in [1.165, 1.54) is 0 Å². The summed E-state index contributed by atoms with van der Waals surface area (Å²) in [6.45, 7) is 10.3. The Morgan fingerprint density at radius 1 is 1.19 bits per heavy atom. The Balaban J connectivity index is 1.49. The molecular weight excluding hydrogens is 346 g/mol. The lowest BCUT2D eigenvalue weighted by molar-refractivity contribution is 0.0678. The molecule has 4 rings (SSSR count). The van der Waals surface area contributed by atoms with Gasteiger partial charge in [0.05, 0.1) is 31.4 Å². The Hall–Kier alpha value is -2.55. The largest absolute Gasteiger partial charge is 0.378 e. The minimum atomic E-state index is -0.0734. The molecule has 2 aliphatic rings. The smallest absolute Gasteiger partial charge is 0.257 e. The Morgan fingerprint density at radius 3 is 2.56 bits per heavy atom. The zero-order valence-corrected chi connectivity index (χ0v) is 16.0. The van der Waals surface area contributed by atoms with Gasteiger partial charge in [0, 0.05) is 37.9 Å². The topological polar surface area (TPSA) is 89.3 Å². The van der Waals surface area contributed by atoms with Crippen molar-refractivity contribution in [2.75, 3.05) is 37.7 Å². The van der Waals surface area contributed by atoms with E-state index in [-0.39, 0.29) is 11.9 Å². The second kappa shape index (κ2) is 7.22. The van der Waals surface area contributed by atoms with Gasteiger partial charge in [0.25, 0.3) is 5.91 Å². The van der Waals surface area contributed by atoms with Crippen LogP contribution in [0.5, 0.6) is 0 Å². The van der Waals surface area contributed by atoms with Gasteiger partial charge in [-0.05, 0) is 6.92 Å². The first-order valence-corrected chi connectivity index (χ1v) is 9.42. The monoisotopic (exact) mass is 371 g/mol. The van der Waals surface area contributed by atoms with Crippen molar-refractivity contribution in [3.63, 3.8) is 0 Å². The highest BCUT2D eigenvalue weighted by molar-refractivity contribution is 5.93. The Labute approximate surface area is 158 Å². The van der Waals surface area contributed by atoms with Crippen LogP contribution in [0.2, 0.25) is 0 Å². The summed E-state index contributed by atoms with van der Waals surface area (Å²) in [6.07, 6.45) is 3.23. The van der Waals surface area contributed by atoms with Gasteiger partial charge < -0.3 is 19.1 Å². The van der Waals surface area contributed by atoms with Gasteiger partial charge in [-0.1, -0.05) is 13.8 Å². The number of anilines is 1. The molecule has 27 heavy (non-hydrogen) atoms. The molecule has 1 saturated heterocycles. The van der Waals surface area contributed by atoms with Crippen molar-refractivity contribution in [3.05, 3.63) is 29.6 Å². The van der Waals surface area contributed by atoms with Crippen LogP contribution in [0.15, 0.2) is 12.4 Å². The number of rotatable bonds is 3. The van der Waals surface area contributed by atoms with Gasteiger partial charge >= 0.3 is 0 Å². The highest BCUT2D eigenvalue weighted by Gasteiger charge is 2.30. The fraction of sp³-hybridized carbons (Fsp3) is 0.611. The molecule has 4 heterocycles. The highest BCUT2D eigenvalue weighted by atomic mass is 16.5. The number of carbonyl (C=O) groups excluding carboxylic acids is 1. The average molecular weight is 371 g/mol. The summed E-state index contributed by atoms with van der Waals surface area (Å²) in [7, 11) is 0. The number of ether oxygens (including phenoxy) is 1. The van der Waals surface area contributed by atoms with Crippen molar-refractivity contribution in [2.24, 2.45) is 0 Å². The predicted octanol–water partition coefficient (Wildman–Crippen LogP) is 1.25. The van der Waals surface area contributed by atoms with Crippen LogP contribution in [0.4, 0.5) is 5.95 Å². The van der Waals surface area contributed by atoms with Crippen LogP contribution in [0.3, 0.4) is 0 Å². The molecule has 0 aromatic carbocycles. The van der Waals surface area contributed by atoms with Crippen molar-refractivity contribution in [1.82, 2.24) is 29.6 Å². The molecule has 0 radical (unpaired) electrons. The van der Waals surface area contributed by atoms with Gasteiger partial charge in [-0.2, -0.15) is 0 Å². The maximum atomic E-state index is 12.9. The first kappa shape index (κ1) is 17.8. The van der Waals surface area contributed by atoms with E-state index in [2.05, 4.69) is 50.4 Å². The molecule has 1 amide bonds. The fourth-order valence-electron chi connectivity index (χ4n) is 3.65. The molecule has 1 atom stereocenters. The summed E-state index contributed by atoms with van der Waals surface area (Å²) in [5.74, 6) is 2.68. The molecule has 0 N–H and O–H groups in total. The third-order valence-electron chi connectivity index (χ3n) is 5.03. The molecule has 2 aliphatic heterocycles. The fourth-order valence-corrected chi connectivity index (χ4v) is 3.65. The van der Waals surface area contributed by atoms with Crippen molar-refractivity contribution < 1.29 is 9.53 Å². The van der Waals surface area contributed by atoms with E-state index in [0.717, 1.165) is 24.7 Å². The summed E-state index contributed by atoms with van der Waals surface area (Å²) >= 11 is 0. The number of nitrogens with zero attached hydrogens (tertiary/aromatic N) is 7. The number of morpholine rings is 1. The molecule has 9 nitrogen and oxygen atoms in total. The lowest BCUT2D eigenvalue weighted by Crippen LogP contribution is -2.41. The third-order valence-corrected chi connectivity index (χ3v) is 5.03. The number of amides is 1. The minimum absolute atomic E-state index is 0.0734. The van der Waals surface area contributed by atoms with Crippen LogP contribution in [0.1, 0.15) is 54.7 Å². The van der Waals surface area contributed by atoms with Crippen molar-refractivity contribution in [2.45, 2.75) is 39.3 Å². The summed E-state index contributed by atoms with van der Waals surface area (Å²) in [4.78, 5) is 25.6. The van der Waals surface area contributed by atoms with E-state index in [4.69, 9.17) is 4.74 Å². The Kier molecular flexibility index (Phi) is 4.77. The summed E-state index contributed by atoms with van der Waals surface area (Å²) in [5.41, 5.74) is 0.497. The maximum Gasteiger partial charge on any atom is 0.257 e. The molecule has 0 aliphatic carbocycles. The van der Waals surface area contributed by atoms with Gasteiger partial charge in [-0.3, -0.25) is 4.79 Å². The van der Waals surface area contributed by atoms with Gasteiger partial charge in [-0.15, -0.1) is 10.2 Å². The summed E-state index contributed by atoms with van der Waals surface area (Å²) in [5, 5.41) is 8.61. The van der Waals surface area contributed by atoms with E-state index in [1.54, 1.807) is 17.3 Å². The normalized spacial score (nSPS) is 20.1. The highest BCUT2D eigenvalue weighted by Crippen LogP contribution is 2.26. The van der Waals surface area contributed by atoms with Gasteiger partial charge in [-0.25, -0.2) is 9.97 Å². The second-order valence-corrected chi connectivity index (χ2v) is 7.40. The quantitative estimate of drug-likeness (QED) is 0.802. The van der Waals surface area contributed by atoms with Crippen LogP contribution in [-0.4, -0.2) is 68.4 Å². The third kappa shape index (κ3) is 3.39. The summed E-state index contributed by atoms with van der Waals surface area (Å²) in [6, 6.07) is 0.138. The Bertz CT molecular complexity index is 812. The van der Waals surface area contributed by atoms with Crippen LogP contribution < -0.4 is 4.90 Å². The zero-order chi connectivity index (χ0) is 19.0. The average Bonchev–Trinajstić information content (AvgIpc) is 3.13. The molecule has 0 spiro atoms. The number of fused-ring (bicyclic) bond motifs is 1. The number of hydrogen-bond acceptors (Lipinski definition) is 7. The maximum absolute atomic E-state index is 12.9. The number of aromatic nitrogens is 5. The van der Waals surface area contributed by atoms with Gasteiger partial charge in [0.15, 0.2) is 5.82 Å². The van der Waals surface area contributed by atoms with E-state index < -0.39 is 0 Å². The molecule has 9 heteroatoms. The molecule has 144 valence electrons. The standard InChI is InChI=1S/C18H25N7O2/c1-12(2)16-22-21-15-11-24(10-13(3)25(15)16)17(26)14-8-19-18(20-9-14)23-4-6-27-7-5-23/h8-9,12-13H,4-7,10-11H2,1-3H3/t13-/m0/s1. The van der Waals surface area contributed by atoms with Crippen LogP contribution in [0.25, 0.3) is 0 Å². The molecule has 2 aromatic heterocycles. The van der Waals surface area contributed by atoms with Crippen molar-refractivity contribution in [1.29, 1.82) is 0 Å². The predicted molar refractivity (Wildman–Crippen MR) is 98.6 cm³/mol. The molecule has 0 saturated carbocycles. The zero-order valence-electron chi connectivity index (χ0n) is 16.0. The van der Waals surface area contributed by atoms with E-state index in [9.17, 15) is 4.79 Å². The molecule has 0 unspecified atom stereocenters. The van der Waals surface area contributed by atoms with Gasteiger partial charge in [0.2, 0.25) is 5.95 Å². The van der Waals surface area contributed by atoms with Gasteiger partial charge in [0.1, 0.15) is 5.82 Å². The minimum Gasteiger partial charge on any atom is -0.378 e. The van der Waals surface area contributed by atoms with Crippen LogP contribution in [0, 0.1) is 0 Å². The molecule has 2 aromatic rings. The number of carbonyl (C=O) groups is 1. The molecule has 1 fully saturated rings. The van der Waals surface area contributed by atoms with E-state index >= 15 is 0 Å². The van der Waals surface area contributed by atoms with Crippen LogP contribution >= 0.6 is 0 Å². The van der Waals surface area contributed by atoms with Crippen molar-refractivity contribution in [3.8, 4) is 0 Å². The summed E-state index contributed by atoms with van der Waals surface area (Å²) < 4.78 is 7.51. The van der Waals surface area contributed by atoms with Crippen LogP contribution in [-0.2, 0) is 11.3 Å². The van der Waals surface area contributed by atoms with E-state index in [0.29, 0.717) is 43.7 Å². The first-order chi connectivity index (χ1) is 13.0. The van der Waals surface area contributed by atoms with Crippen molar-refractivity contribution >= 4 is 11.9 Å². The lowest BCUT2D eigenvalue weighted by atomic mass is 10.1. The second-order valence-electron chi connectivity index (χ2n) is 7.40. The molecular formula is C18H25N7O2. The van der Waals surface area contributed by atoms with E-state index in [1.807, 2.05) is 0 Å². The number of hydrogen-bond donors (Lipinski definition) is 0. The first-order valence-electron chi connectivity index (χ1n) is 9.42.